The molecule has 0 aliphatic heterocycles. The van der Waals surface area contributed by atoms with Crippen LogP contribution in [0.5, 0.6) is 11.5 Å². The van der Waals surface area contributed by atoms with Gasteiger partial charge in [-0.15, -0.1) is 0 Å². The van der Waals surface area contributed by atoms with Crippen LogP contribution in [-0.2, 0) is 6.42 Å². The largest absolute Gasteiger partial charge is 0.493 e. The average Bonchev–Trinajstić information content (AvgIpc) is 2.42. The minimum Gasteiger partial charge on any atom is -0.493 e. The fraction of sp³-hybridized carbons (Fsp3) is 0.600. The molecule has 3 N–H and O–H groups in total. The van der Waals surface area contributed by atoms with E-state index in [-0.39, 0.29) is 0 Å². The monoisotopic (exact) mass is 266 g/mol. The Hall–Kier alpha value is -1.26. The molecule has 0 radical (unpaired) electrons. The summed E-state index contributed by atoms with van der Waals surface area (Å²) in [6.45, 7) is 5.94. The second-order valence-corrected chi connectivity index (χ2v) is 4.99. The van der Waals surface area contributed by atoms with E-state index in [4.69, 9.17) is 15.2 Å². The van der Waals surface area contributed by atoms with Gasteiger partial charge in [-0.05, 0) is 30.0 Å². The second-order valence-electron chi connectivity index (χ2n) is 4.99. The third-order valence-electron chi connectivity index (χ3n) is 3.26. The molecule has 0 amide bonds. The molecule has 0 aromatic heterocycles. The molecule has 1 aromatic carbocycles. The van der Waals surface area contributed by atoms with E-state index in [1.165, 1.54) is 5.56 Å². The van der Waals surface area contributed by atoms with Crippen LogP contribution in [0, 0.1) is 5.92 Å². The van der Waals surface area contributed by atoms with E-state index in [1.54, 1.807) is 14.2 Å². The number of nitrogens with two attached hydrogens (primary N) is 1. The van der Waals surface area contributed by atoms with Crippen molar-refractivity contribution in [1.29, 1.82) is 0 Å². The summed E-state index contributed by atoms with van der Waals surface area (Å²) in [5.41, 5.74) is 6.79. The van der Waals surface area contributed by atoms with Crippen molar-refractivity contribution in [2.75, 3.05) is 27.3 Å². The van der Waals surface area contributed by atoms with Crippen molar-refractivity contribution in [3.8, 4) is 11.5 Å². The van der Waals surface area contributed by atoms with Gasteiger partial charge < -0.3 is 20.5 Å². The molecule has 4 heteroatoms. The predicted molar refractivity (Wildman–Crippen MR) is 78.9 cm³/mol. The number of methoxy groups -OCH3 is 2. The van der Waals surface area contributed by atoms with E-state index in [9.17, 15) is 0 Å². The first kappa shape index (κ1) is 15.8. The first-order valence-electron chi connectivity index (χ1n) is 6.76. The van der Waals surface area contributed by atoms with Gasteiger partial charge in [0, 0.05) is 19.1 Å². The quantitative estimate of drug-likeness (QED) is 0.753. The zero-order valence-electron chi connectivity index (χ0n) is 12.4. The van der Waals surface area contributed by atoms with E-state index < -0.39 is 0 Å². The molecule has 1 aromatic rings. The van der Waals surface area contributed by atoms with Gasteiger partial charge in [0.05, 0.1) is 14.2 Å². The Morgan fingerprint density at radius 3 is 2.37 bits per heavy atom. The maximum atomic E-state index is 5.55. The maximum absolute atomic E-state index is 5.55. The summed E-state index contributed by atoms with van der Waals surface area (Å²) in [5, 5.41) is 3.49. The molecule has 0 bridgehead atoms. The van der Waals surface area contributed by atoms with Gasteiger partial charge in [0.2, 0.25) is 0 Å². The number of hydrogen-bond acceptors (Lipinski definition) is 4. The van der Waals surface area contributed by atoms with Gasteiger partial charge >= 0.3 is 0 Å². The zero-order valence-corrected chi connectivity index (χ0v) is 12.4. The van der Waals surface area contributed by atoms with Gasteiger partial charge in [-0.2, -0.15) is 0 Å². The summed E-state index contributed by atoms with van der Waals surface area (Å²) >= 11 is 0. The lowest BCUT2D eigenvalue weighted by Gasteiger charge is -2.22. The van der Waals surface area contributed by atoms with Crippen LogP contribution < -0.4 is 20.5 Å². The molecule has 0 fully saturated rings. The van der Waals surface area contributed by atoms with Crippen molar-refractivity contribution >= 4 is 0 Å². The summed E-state index contributed by atoms with van der Waals surface area (Å²) in [6.07, 6.45) is 0.956. The molecule has 0 aliphatic carbocycles. The van der Waals surface area contributed by atoms with Gasteiger partial charge in [0.1, 0.15) is 0 Å². The third-order valence-corrected chi connectivity index (χ3v) is 3.26. The summed E-state index contributed by atoms with van der Waals surface area (Å²) in [6, 6.07) is 6.50. The normalized spacial score (nSPS) is 12.5. The number of rotatable bonds is 8. The van der Waals surface area contributed by atoms with Crippen molar-refractivity contribution in [2.24, 2.45) is 11.7 Å². The summed E-state index contributed by atoms with van der Waals surface area (Å²) in [7, 11) is 3.31. The molecule has 1 atom stereocenters. The van der Waals surface area contributed by atoms with Gasteiger partial charge in [-0.1, -0.05) is 19.9 Å². The Balaban J connectivity index is 2.78. The minimum absolute atomic E-state index is 0.418. The molecule has 0 saturated carbocycles. The smallest absolute Gasteiger partial charge is 0.160 e. The Labute approximate surface area is 116 Å². The van der Waals surface area contributed by atoms with Gasteiger partial charge in [0.15, 0.2) is 11.5 Å². The summed E-state index contributed by atoms with van der Waals surface area (Å²) in [4.78, 5) is 0. The predicted octanol–water partition coefficient (Wildman–Crippen LogP) is 1.82. The second kappa shape index (κ2) is 8.02. The van der Waals surface area contributed by atoms with Gasteiger partial charge in [0.25, 0.3) is 0 Å². The molecule has 19 heavy (non-hydrogen) atoms. The van der Waals surface area contributed by atoms with Crippen molar-refractivity contribution in [1.82, 2.24) is 5.32 Å². The number of benzene rings is 1. The highest BCUT2D eigenvalue weighted by molar-refractivity contribution is 5.43. The first-order valence-corrected chi connectivity index (χ1v) is 6.76. The topological polar surface area (TPSA) is 56.5 Å². The molecular weight excluding hydrogens is 240 g/mol. The molecule has 1 unspecified atom stereocenters. The van der Waals surface area contributed by atoms with Crippen molar-refractivity contribution in [3.05, 3.63) is 23.8 Å². The number of hydrogen-bond donors (Lipinski definition) is 2. The van der Waals surface area contributed by atoms with E-state index >= 15 is 0 Å². The Morgan fingerprint density at radius 2 is 1.84 bits per heavy atom. The van der Waals surface area contributed by atoms with E-state index in [2.05, 4.69) is 25.2 Å². The lowest BCUT2D eigenvalue weighted by molar-refractivity contribution is 0.353. The highest BCUT2D eigenvalue weighted by Gasteiger charge is 2.14. The third kappa shape index (κ3) is 4.73. The molecule has 0 saturated heterocycles. The molecule has 0 aliphatic rings. The molecule has 4 nitrogen and oxygen atoms in total. The first-order chi connectivity index (χ1) is 9.12. The van der Waals surface area contributed by atoms with E-state index in [0.717, 1.165) is 24.5 Å². The molecule has 0 heterocycles. The molecular formula is C15H26N2O2. The zero-order chi connectivity index (χ0) is 14.3. The fourth-order valence-electron chi connectivity index (χ4n) is 2.07. The van der Waals surface area contributed by atoms with Crippen LogP contribution in [0.25, 0.3) is 0 Å². The number of nitrogens with one attached hydrogen (secondary N) is 1. The standard InChI is InChI=1S/C15H26N2O2/c1-11(2)13(17-8-7-16)9-12-5-6-14(18-3)15(10-12)19-4/h5-6,10-11,13,17H,7-9,16H2,1-4H3. The lowest BCUT2D eigenvalue weighted by atomic mass is 9.96. The SMILES string of the molecule is COc1ccc(CC(NCCN)C(C)C)cc1OC. The number of ether oxygens (including phenoxy) is 2. The summed E-state index contributed by atoms with van der Waals surface area (Å²) < 4.78 is 10.6. The lowest BCUT2D eigenvalue weighted by Crippen LogP contribution is -2.38. The van der Waals surface area contributed by atoms with Crippen LogP contribution in [0.4, 0.5) is 0 Å². The van der Waals surface area contributed by atoms with Crippen LogP contribution >= 0.6 is 0 Å². The van der Waals surface area contributed by atoms with Crippen molar-refractivity contribution in [3.63, 3.8) is 0 Å². The Kier molecular flexibility index (Phi) is 6.67. The van der Waals surface area contributed by atoms with Crippen molar-refractivity contribution < 1.29 is 9.47 Å². The molecule has 108 valence electrons. The van der Waals surface area contributed by atoms with Gasteiger partial charge in [-0.3, -0.25) is 0 Å². The van der Waals surface area contributed by atoms with Crippen LogP contribution in [-0.4, -0.2) is 33.4 Å². The van der Waals surface area contributed by atoms with Crippen LogP contribution in [0.2, 0.25) is 0 Å². The molecule has 0 spiro atoms. The maximum Gasteiger partial charge on any atom is 0.160 e. The highest BCUT2D eigenvalue weighted by Crippen LogP contribution is 2.28. The minimum atomic E-state index is 0.418. The Morgan fingerprint density at radius 1 is 1.16 bits per heavy atom. The van der Waals surface area contributed by atoms with Crippen LogP contribution in [0.1, 0.15) is 19.4 Å². The average molecular weight is 266 g/mol. The van der Waals surface area contributed by atoms with Crippen LogP contribution in [0.3, 0.4) is 0 Å². The van der Waals surface area contributed by atoms with E-state index in [0.29, 0.717) is 18.5 Å². The van der Waals surface area contributed by atoms with E-state index in [1.807, 2.05) is 12.1 Å². The van der Waals surface area contributed by atoms with Gasteiger partial charge in [-0.25, -0.2) is 0 Å². The fourth-order valence-corrected chi connectivity index (χ4v) is 2.07. The van der Waals surface area contributed by atoms with Crippen LogP contribution in [0.15, 0.2) is 18.2 Å². The summed E-state index contributed by atoms with van der Waals surface area (Å²) in [5.74, 6) is 2.10. The highest BCUT2D eigenvalue weighted by atomic mass is 16.5. The Bertz CT molecular complexity index is 380. The molecule has 1 rings (SSSR count). The van der Waals surface area contributed by atoms with Crippen molar-refractivity contribution in [2.45, 2.75) is 26.3 Å².